The summed E-state index contributed by atoms with van der Waals surface area (Å²) in [5, 5.41) is 12.4. The third-order valence-corrected chi connectivity index (χ3v) is 3.87. The third-order valence-electron chi connectivity index (χ3n) is 3.87. The van der Waals surface area contributed by atoms with Crippen LogP contribution in [0, 0.1) is 0 Å². The predicted molar refractivity (Wildman–Crippen MR) is 77.3 cm³/mol. The molecule has 0 aromatic heterocycles. The van der Waals surface area contributed by atoms with E-state index in [0.717, 1.165) is 12.8 Å². The van der Waals surface area contributed by atoms with Gasteiger partial charge in [0.15, 0.2) is 0 Å². The lowest BCUT2D eigenvalue weighted by atomic mass is 9.79. The SMILES string of the molecule is CC1(C)CC(NC(=O)C2CNC(=O)CN2)CC(C)(C)N1. The lowest BCUT2D eigenvalue weighted by Gasteiger charge is -2.46. The van der Waals surface area contributed by atoms with E-state index >= 15 is 0 Å². The van der Waals surface area contributed by atoms with Crippen LogP contribution in [0.5, 0.6) is 0 Å². The van der Waals surface area contributed by atoms with Gasteiger partial charge in [0.25, 0.3) is 0 Å². The topological polar surface area (TPSA) is 82.3 Å². The molecule has 2 saturated heterocycles. The minimum atomic E-state index is -0.325. The number of nitrogens with one attached hydrogen (secondary N) is 4. The molecule has 0 aromatic carbocycles. The van der Waals surface area contributed by atoms with Gasteiger partial charge in [0, 0.05) is 23.7 Å². The Balaban J connectivity index is 1.92. The predicted octanol–water partition coefficient (Wildman–Crippen LogP) is -0.500. The Morgan fingerprint density at radius 2 is 1.80 bits per heavy atom. The molecule has 0 aromatic rings. The van der Waals surface area contributed by atoms with Crippen LogP contribution in [0.2, 0.25) is 0 Å². The van der Waals surface area contributed by atoms with Crippen molar-refractivity contribution in [3.8, 4) is 0 Å². The molecule has 6 nitrogen and oxygen atoms in total. The van der Waals surface area contributed by atoms with E-state index in [1.54, 1.807) is 0 Å². The van der Waals surface area contributed by atoms with Crippen LogP contribution >= 0.6 is 0 Å². The van der Waals surface area contributed by atoms with Gasteiger partial charge in [0.05, 0.1) is 6.54 Å². The molecule has 1 unspecified atom stereocenters. The molecule has 4 N–H and O–H groups in total. The smallest absolute Gasteiger partial charge is 0.239 e. The molecule has 6 heteroatoms. The molecule has 2 aliphatic heterocycles. The van der Waals surface area contributed by atoms with Crippen LogP contribution in [-0.2, 0) is 9.59 Å². The average Bonchev–Trinajstić information content (AvgIpc) is 2.25. The van der Waals surface area contributed by atoms with Crippen molar-refractivity contribution in [1.82, 2.24) is 21.3 Å². The largest absolute Gasteiger partial charge is 0.353 e. The van der Waals surface area contributed by atoms with Crippen LogP contribution < -0.4 is 21.3 Å². The monoisotopic (exact) mass is 282 g/mol. The fraction of sp³-hybridized carbons (Fsp3) is 0.857. The summed E-state index contributed by atoms with van der Waals surface area (Å²) >= 11 is 0. The normalized spacial score (nSPS) is 29.6. The molecule has 2 heterocycles. The summed E-state index contributed by atoms with van der Waals surface area (Å²) in [5.41, 5.74) is 0.0157. The van der Waals surface area contributed by atoms with E-state index in [2.05, 4.69) is 49.0 Å². The second kappa shape index (κ2) is 5.33. The molecular weight excluding hydrogens is 256 g/mol. The average molecular weight is 282 g/mol. The maximum atomic E-state index is 12.2. The van der Waals surface area contributed by atoms with Gasteiger partial charge < -0.3 is 16.0 Å². The quantitative estimate of drug-likeness (QED) is 0.550. The van der Waals surface area contributed by atoms with Gasteiger partial charge >= 0.3 is 0 Å². The standard InChI is InChI=1S/C14H26N4O2/c1-13(2)5-9(6-14(3,4)18-13)17-12(20)10-7-16-11(19)8-15-10/h9-10,15,18H,5-8H2,1-4H3,(H,16,19)(H,17,20). The van der Waals surface area contributed by atoms with Crippen LogP contribution in [-0.4, -0.2) is 48.1 Å². The van der Waals surface area contributed by atoms with E-state index in [4.69, 9.17) is 0 Å². The summed E-state index contributed by atoms with van der Waals surface area (Å²) in [7, 11) is 0. The molecule has 0 spiro atoms. The molecule has 2 fully saturated rings. The summed E-state index contributed by atoms with van der Waals surface area (Å²) in [6, 6.07) is -0.165. The van der Waals surface area contributed by atoms with Crippen molar-refractivity contribution in [3.63, 3.8) is 0 Å². The first-order chi connectivity index (χ1) is 9.17. The van der Waals surface area contributed by atoms with Gasteiger partial charge in [-0.1, -0.05) is 0 Å². The van der Waals surface area contributed by atoms with Crippen LogP contribution in [0.3, 0.4) is 0 Å². The maximum Gasteiger partial charge on any atom is 0.239 e. The molecule has 2 rings (SSSR count). The first kappa shape index (κ1) is 15.3. The molecule has 0 radical (unpaired) electrons. The van der Waals surface area contributed by atoms with Gasteiger partial charge in [-0.05, 0) is 40.5 Å². The minimum absolute atomic E-state index is 0.00784. The van der Waals surface area contributed by atoms with E-state index < -0.39 is 0 Å². The van der Waals surface area contributed by atoms with Gasteiger partial charge in [-0.2, -0.15) is 0 Å². The van der Waals surface area contributed by atoms with E-state index in [1.165, 1.54) is 0 Å². The van der Waals surface area contributed by atoms with Gasteiger partial charge in [-0.25, -0.2) is 0 Å². The number of amides is 2. The van der Waals surface area contributed by atoms with E-state index in [1.807, 2.05) is 0 Å². The second-order valence-electron chi connectivity index (χ2n) is 7.24. The summed E-state index contributed by atoms with van der Waals surface area (Å²) in [5.74, 6) is -0.0818. The molecule has 2 aliphatic rings. The second-order valence-corrected chi connectivity index (χ2v) is 7.24. The van der Waals surface area contributed by atoms with Crippen molar-refractivity contribution >= 4 is 11.8 Å². The highest BCUT2D eigenvalue weighted by atomic mass is 16.2. The first-order valence-corrected chi connectivity index (χ1v) is 7.27. The highest BCUT2D eigenvalue weighted by Crippen LogP contribution is 2.28. The van der Waals surface area contributed by atoms with Crippen molar-refractivity contribution in [1.29, 1.82) is 0 Å². The van der Waals surface area contributed by atoms with E-state index in [9.17, 15) is 9.59 Å². The van der Waals surface area contributed by atoms with Crippen molar-refractivity contribution < 1.29 is 9.59 Å². The van der Waals surface area contributed by atoms with Gasteiger partial charge in [0.1, 0.15) is 6.04 Å². The van der Waals surface area contributed by atoms with Crippen LogP contribution in [0.1, 0.15) is 40.5 Å². The minimum Gasteiger partial charge on any atom is -0.353 e. The molecule has 0 bridgehead atoms. The molecule has 114 valence electrons. The van der Waals surface area contributed by atoms with E-state index in [0.29, 0.717) is 6.54 Å². The number of piperidine rings is 1. The Hall–Kier alpha value is -1.14. The fourth-order valence-electron chi connectivity index (χ4n) is 3.48. The Bertz CT molecular complexity index is 380. The summed E-state index contributed by atoms with van der Waals surface area (Å²) in [6.07, 6.45) is 1.81. The molecule has 2 amide bonds. The molecule has 0 aliphatic carbocycles. The van der Waals surface area contributed by atoms with Crippen molar-refractivity contribution in [2.24, 2.45) is 0 Å². The first-order valence-electron chi connectivity index (χ1n) is 7.27. The zero-order chi connectivity index (χ0) is 15.0. The number of hydrogen-bond donors (Lipinski definition) is 4. The highest BCUT2D eigenvalue weighted by Gasteiger charge is 2.38. The maximum absolute atomic E-state index is 12.2. The summed E-state index contributed by atoms with van der Waals surface area (Å²) < 4.78 is 0. The Kier molecular flexibility index (Phi) is 4.07. The van der Waals surface area contributed by atoms with Gasteiger partial charge in [-0.15, -0.1) is 0 Å². The molecule has 20 heavy (non-hydrogen) atoms. The fourth-order valence-corrected chi connectivity index (χ4v) is 3.48. The molecule has 0 saturated carbocycles. The molecular formula is C14H26N4O2. The lowest BCUT2D eigenvalue weighted by Crippen LogP contribution is -2.64. The van der Waals surface area contributed by atoms with Crippen LogP contribution in [0.15, 0.2) is 0 Å². The van der Waals surface area contributed by atoms with Crippen molar-refractivity contribution in [3.05, 3.63) is 0 Å². The highest BCUT2D eigenvalue weighted by molar-refractivity contribution is 5.86. The van der Waals surface area contributed by atoms with Crippen molar-refractivity contribution in [2.45, 2.75) is 63.7 Å². The zero-order valence-corrected chi connectivity index (χ0v) is 12.8. The number of carbonyl (C=O) groups excluding carboxylic acids is 2. The van der Waals surface area contributed by atoms with Crippen LogP contribution in [0.4, 0.5) is 0 Å². The van der Waals surface area contributed by atoms with Crippen molar-refractivity contribution in [2.75, 3.05) is 13.1 Å². The van der Waals surface area contributed by atoms with E-state index in [-0.39, 0.29) is 41.5 Å². The number of carbonyl (C=O) groups is 2. The summed E-state index contributed by atoms with van der Waals surface area (Å²) in [6.45, 7) is 9.21. The Morgan fingerprint density at radius 3 is 2.30 bits per heavy atom. The summed E-state index contributed by atoms with van der Waals surface area (Å²) in [4.78, 5) is 23.3. The van der Waals surface area contributed by atoms with Gasteiger partial charge in [-0.3, -0.25) is 14.9 Å². The molecule has 1 atom stereocenters. The lowest BCUT2D eigenvalue weighted by molar-refractivity contribution is -0.127. The number of rotatable bonds is 2. The van der Waals surface area contributed by atoms with Gasteiger partial charge in [0.2, 0.25) is 11.8 Å². The number of hydrogen-bond acceptors (Lipinski definition) is 4. The van der Waals surface area contributed by atoms with Crippen LogP contribution in [0.25, 0.3) is 0 Å². The third kappa shape index (κ3) is 3.93. The number of piperazine rings is 1. The zero-order valence-electron chi connectivity index (χ0n) is 12.8. The Labute approximate surface area is 120 Å². The Morgan fingerprint density at radius 1 is 1.20 bits per heavy atom.